The van der Waals surface area contributed by atoms with Crippen molar-refractivity contribution in [3.63, 3.8) is 0 Å². The van der Waals surface area contributed by atoms with E-state index in [0.717, 1.165) is 17.6 Å². The van der Waals surface area contributed by atoms with Crippen molar-refractivity contribution < 1.29 is 27.4 Å². The topological polar surface area (TPSA) is 103 Å². The summed E-state index contributed by atoms with van der Waals surface area (Å²) < 4.78 is 49.6. The normalized spacial score (nSPS) is 12.6. The molecule has 0 fully saturated rings. The number of amides is 1. The molecule has 1 aromatic carbocycles. The summed E-state index contributed by atoms with van der Waals surface area (Å²) in [4.78, 5) is 18.5. The van der Waals surface area contributed by atoms with Gasteiger partial charge in [0.15, 0.2) is 6.10 Å². The van der Waals surface area contributed by atoms with Crippen LogP contribution >= 0.6 is 0 Å². The highest BCUT2D eigenvalue weighted by Crippen LogP contribution is 2.25. The predicted octanol–water partition coefficient (Wildman–Crippen LogP) is 3.14. The van der Waals surface area contributed by atoms with Crippen molar-refractivity contribution in [2.75, 3.05) is 26.5 Å². The molecular weight excluding hydrogens is 427 g/mol. The van der Waals surface area contributed by atoms with Gasteiger partial charge in [0.25, 0.3) is 5.91 Å². The van der Waals surface area contributed by atoms with Crippen molar-refractivity contribution in [1.82, 2.24) is 20.1 Å². The van der Waals surface area contributed by atoms with E-state index in [0.29, 0.717) is 22.4 Å². The Morgan fingerprint density at radius 2 is 1.91 bits per heavy atom. The van der Waals surface area contributed by atoms with Gasteiger partial charge in [-0.05, 0) is 42.8 Å². The highest BCUT2D eigenvalue weighted by atomic mass is 19.4. The number of rotatable bonds is 7. The van der Waals surface area contributed by atoms with Crippen LogP contribution in [0.5, 0.6) is 5.88 Å². The maximum atomic E-state index is 13.3. The van der Waals surface area contributed by atoms with Gasteiger partial charge < -0.3 is 20.1 Å². The largest absolute Gasteiger partial charge is 0.480 e. The summed E-state index contributed by atoms with van der Waals surface area (Å²) in [6.07, 6.45) is -6.82. The molecule has 0 saturated heterocycles. The van der Waals surface area contributed by atoms with Crippen LogP contribution in [0.15, 0.2) is 36.4 Å². The number of ether oxygens (including phenoxy) is 2. The number of aromatic nitrogens is 3. The van der Waals surface area contributed by atoms with Crippen molar-refractivity contribution >= 4 is 22.6 Å². The molecule has 2 heterocycles. The van der Waals surface area contributed by atoms with E-state index in [9.17, 15) is 18.0 Å². The van der Waals surface area contributed by atoms with Gasteiger partial charge in [0, 0.05) is 24.1 Å². The zero-order valence-corrected chi connectivity index (χ0v) is 17.7. The number of halogens is 3. The molecular formula is C21H22F3N5O3. The summed E-state index contributed by atoms with van der Waals surface area (Å²) in [5.74, 6) is -0.0111. The fraction of sp³-hybridized carbons (Fsp3) is 0.333. The Bertz CT molecular complexity index is 1110. The number of alkyl halides is 3. The molecule has 0 aliphatic heterocycles. The van der Waals surface area contributed by atoms with Crippen molar-refractivity contribution in [1.29, 1.82) is 0 Å². The number of hydrogen-bond donors (Lipinski definition) is 1. The molecule has 0 aliphatic rings. The molecule has 0 radical (unpaired) electrons. The Labute approximate surface area is 182 Å². The van der Waals surface area contributed by atoms with E-state index in [-0.39, 0.29) is 18.0 Å². The van der Waals surface area contributed by atoms with E-state index in [1.54, 1.807) is 25.1 Å². The number of pyridine rings is 1. The smallest absolute Gasteiger partial charge is 0.416 e. The fourth-order valence-electron chi connectivity index (χ4n) is 3.08. The molecule has 1 amide bonds. The standard InChI is InChI=1S/C21H22F3N5O3/c1-12-8-14-9-13(4-6-16(14)26-19(12)25)20(30)29(11-17(31-2)21(22,23)24)10-15-5-7-18(32-3)28-27-15/h4-9,17H,10-11H2,1-3H3,(H2,25,26)/t17-/m0/s1. The minimum absolute atomic E-state index is 0.196. The number of anilines is 1. The number of hydrogen-bond acceptors (Lipinski definition) is 7. The number of nitrogens with zero attached hydrogens (tertiary/aromatic N) is 4. The Balaban J connectivity index is 1.95. The molecule has 3 aromatic rings. The number of carbonyl (C=O) groups is 1. The third-order valence-corrected chi connectivity index (χ3v) is 4.87. The van der Waals surface area contributed by atoms with Gasteiger partial charge in [-0.1, -0.05) is 0 Å². The SMILES string of the molecule is COc1ccc(CN(C[C@H](OC)C(F)(F)F)C(=O)c2ccc3nc(N)c(C)cc3c2)nn1. The highest BCUT2D eigenvalue weighted by molar-refractivity contribution is 5.98. The first-order valence-corrected chi connectivity index (χ1v) is 9.54. The van der Waals surface area contributed by atoms with Crippen molar-refractivity contribution in [3.8, 4) is 5.88 Å². The second-order valence-electron chi connectivity index (χ2n) is 7.12. The summed E-state index contributed by atoms with van der Waals surface area (Å²) >= 11 is 0. The monoisotopic (exact) mass is 449 g/mol. The van der Waals surface area contributed by atoms with Crippen molar-refractivity contribution in [2.45, 2.75) is 25.7 Å². The van der Waals surface area contributed by atoms with Crippen LogP contribution in [0.3, 0.4) is 0 Å². The third-order valence-electron chi connectivity index (χ3n) is 4.87. The van der Waals surface area contributed by atoms with Crippen LogP contribution in [0.2, 0.25) is 0 Å². The van der Waals surface area contributed by atoms with Gasteiger partial charge in [-0.3, -0.25) is 4.79 Å². The average Bonchev–Trinajstić information content (AvgIpc) is 2.76. The molecule has 0 saturated carbocycles. The Morgan fingerprint density at radius 3 is 2.50 bits per heavy atom. The molecule has 3 rings (SSSR count). The quantitative estimate of drug-likeness (QED) is 0.591. The zero-order chi connectivity index (χ0) is 23.5. The van der Waals surface area contributed by atoms with E-state index in [2.05, 4.69) is 19.9 Å². The van der Waals surface area contributed by atoms with E-state index in [4.69, 9.17) is 10.5 Å². The maximum Gasteiger partial charge on any atom is 0.416 e. The first-order valence-electron chi connectivity index (χ1n) is 9.54. The van der Waals surface area contributed by atoms with Gasteiger partial charge in [-0.15, -0.1) is 5.10 Å². The first kappa shape index (κ1) is 23.2. The van der Waals surface area contributed by atoms with Crippen LogP contribution < -0.4 is 10.5 Å². The molecule has 1 atom stereocenters. The lowest BCUT2D eigenvalue weighted by molar-refractivity contribution is -0.215. The van der Waals surface area contributed by atoms with Crippen LogP contribution in [-0.2, 0) is 11.3 Å². The van der Waals surface area contributed by atoms with Gasteiger partial charge in [-0.2, -0.15) is 18.3 Å². The summed E-state index contributed by atoms with van der Waals surface area (Å²) in [6.45, 7) is 0.851. The number of carbonyl (C=O) groups excluding carboxylic acids is 1. The van der Waals surface area contributed by atoms with Crippen LogP contribution in [0.1, 0.15) is 21.6 Å². The summed E-state index contributed by atoms with van der Waals surface area (Å²) in [5.41, 5.74) is 7.61. The minimum atomic E-state index is -4.65. The fourth-order valence-corrected chi connectivity index (χ4v) is 3.08. The molecule has 11 heteroatoms. The van der Waals surface area contributed by atoms with Crippen LogP contribution in [0, 0.1) is 6.92 Å². The molecule has 0 bridgehead atoms. The van der Waals surface area contributed by atoms with Crippen LogP contribution in [-0.4, -0.2) is 59.0 Å². The van der Waals surface area contributed by atoms with Crippen LogP contribution in [0.25, 0.3) is 10.9 Å². The van der Waals surface area contributed by atoms with E-state index < -0.39 is 24.7 Å². The molecule has 8 nitrogen and oxygen atoms in total. The number of nitrogens with two attached hydrogens (primary N) is 1. The number of fused-ring (bicyclic) bond motifs is 1. The van der Waals surface area contributed by atoms with Gasteiger partial charge in [0.05, 0.1) is 31.4 Å². The number of benzene rings is 1. The molecule has 0 unspecified atom stereocenters. The Morgan fingerprint density at radius 1 is 1.16 bits per heavy atom. The molecule has 0 aliphatic carbocycles. The number of aryl methyl sites for hydroxylation is 1. The number of nitrogen functional groups attached to an aromatic ring is 1. The second-order valence-corrected chi connectivity index (χ2v) is 7.12. The average molecular weight is 449 g/mol. The van der Waals surface area contributed by atoms with Crippen LogP contribution in [0.4, 0.5) is 19.0 Å². The van der Waals surface area contributed by atoms with Gasteiger partial charge in [0.2, 0.25) is 5.88 Å². The van der Waals surface area contributed by atoms with E-state index >= 15 is 0 Å². The highest BCUT2D eigenvalue weighted by Gasteiger charge is 2.42. The summed E-state index contributed by atoms with van der Waals surface area (Å²) in [7, 11) is 2.36. The molecule has 2 N–H and O–H groups in total. The predicted molar refractivity (Wildman–Crippen MR) is 111 cm³/mol. The lowest BCUT2D eigenvalue weighted by Gasteiger charge is -2.28. The van der Waals surface area contributed by atoms with Crippen molar-refractivity contribution in [2.24, 2.45) is 0 Å². The van der Waals surface area contributed by atoms with Gasteiger partial charge in [0.1, 0.15) is 5.82 Å². The Hall–Kier alpha value is -3.47. The van der Waals surface area contributed by atoms with E-state index in [1.165, 1.54) is 25.3 Å². The molecule has 170 valence electrons. The summed E-state index contributed by atoms with van der Waals surface area (Å²) in [6, 6.07) is 9.46. The van der Waals surface area contributed by atoms with Gasteiger partial charge in [-0.25, -0.2) is 4.98 Å². The zero-order valence-electron chi connectivity index (χ0n) is 17.7. The van der Waals surface area contributed by atoms with Crippen molar-refractivity contribution in [3.05, 3.63) is 53.2 Å². The summed E-state index contributed by atoms with van der Waals surface area (Å²) in [5, 5.41) is 8.37. The lowest BCUT2D eigenvalue weighted by atomic mass is 10.1. The second kappa shape index (κ2) is 9.35. The first-order chi connectivity index (χ1) is 15.1. The molecule has 2 aromatic heterocycles. The maximum absolute atomic E-state index is 13.3. The van der Waals surface area contributed by atoms with Gasteiger partial charge >= 0.3 is 6.18 Å². The Kier molecular flexibility index (Phi) is 6.78. The number of methoxy groups -OCH3 is 2. The lowest BCUT2D eigenvalue weighted by Crippen LogP contribution is -2.44. The minimum Gasteiger partial charge on any atom is -0.480 e. The third kappa shape index (κ3) is 5.22. The molecule has 0 spiro atoms. The molecule has 32 heavy (non-hydrogen) atoms. The van der Waals surface area contributed by atoms with E-state index in [1.807, 2.05) is 0 Å².